The van der Waals surface area contributed by atoms with Crippen molar-refractivity contribution in [2.24, 2.45) is 0 Å². The van der Waals surface area contributed by atoms with Crippen molar-refractivity contribution < 1.29 is 22.7 Å². The Morgan fingerprint density at radius 2 is 1.90 bits per heavy atom. The molecule has 3 rings (SSSR count). The van der Waals surface area contributed by atoms with E-state index < -0.39 is 23.6 Å². The molecule has 11 heteroatoms. The second kappa shape index (κ2) is 9.88. The fourth-order valence-corrected chi connectivity index (χ4v) is 3.58. The molecular weight excluding hydrogens is 455 g/mol. The van der Waals surface area contributed by atoms with Gasteiger partial charge in [-0.25, -0.2) is 4.98 Å². The van der Waals surface area contributed by atoms with E-state index in [1.54, 1.807) is 12.1 Å². The molecule has 0 unspecified atom stereocenters. The summed E-state index contributed by atoms with van der Waals surface area (Å²) in [5.41, 5.74) is 1.08. The van der Waals surface area contributed by atoms with E-state index in [1.807, 2.05) is 12.1 Å². The zero-order valence-electron chi connectivity index (χ0n) is 15.7. The molecule has 0 aliphatic heterocycles. The summed E-state index contributed by atoms with van der Waals surface area (Å²) in [7, 11) is 0. The number of nitrogens with one attached hydrogen (secondary N) is 2. The number of amides is 1. The Hall–Kier alpha value is -2.98. The molecule has 2 N–H and O–H groups in total. The van der Waals surface area contributed by atoms with Crippen molar-refractivity contribution in [3.8, 4) is 5.75 Å². The number of hydrogen-bond acceptors (Lipinski definition) is 5. The minimum absolute atomic E-state index is 0.185. The van der Waals surface area contributed by atoms with Crippen LogP contribution in [0.25, 0.3) is 0 Å². The summed E-state index contributed by atoms with van der Waals surface area (Å²) in [5, 5.41) is 3.48. The summed E-state index contributed by atoms with van der Waals surface area (Å²) < 4.78 is 40.4. The number of nitrogens with zero attached hydrogens (tertiary/aromatic N) is 1. The fraction of sp³-hybridized carbons (Fsp3) is 0.150. The molecule has 1 amide bonds. The number of aromatic amines is 1. The topological polar surface area (TPSA) is 84.1 Å². The van der Waals surface area contributed by atoms with Gasteiger partial charge in [0.15, 0.2) is 5.16 Å². The smallest absolute Gasteiger partial charge is 0.406 e. The minimum atomic E-state index is -4.79. The number of aromatic nitrogens is 2. The third kappa shape index (κ3) is 7.65. The summed E-state index contributed by atoms with van der Waals surface area (Å²) in [6.45, 7) is 0. The summed E-state index contributed by atoms with van der Waals surface area (Å²) in [6.07, 6.45) is -4.98. The van der Waals surface area contributed by atoms with E-state index in [4.69, 9.17) is 11.6 Å². The van der Waals surface area contributed by atoms with Gasteiger partial charge < -0.3 is 15.0 Å². The molecule has 3 aromatic rings. The van der Waals surface area contributed by atoms with Crippen LogP contribution in [0.2, 0.25) is 5.02 Å². The number of ether oxygens (including phenoxy) is 1. The van der Waals surface area contributed by atoms with Gasteiger partial charge in [0.1, 0.15) is 5.75 Å². The molecule has 0 fully saturated rings. The van der Waals surface area contributed by atoms with Crippen molar-refractivity contribution in [1.82, 2.24) is 9.97 Å². The Bertz CT molecular complexity index is 1120. The highest BCUT2D eigenvalue weighted by molar-refractivity contribution is 7.98. The lowest BCUT2D eigenvalue weighted by Gasteiger charge is -2.10. The number of thioether (sulfide) groups is 1. The van der Waals surface area contributed by atoms with E-state index in [1.165, 1.54) is 30.0 Å². The first-order valence-corrected chi connectivity index (χ1v) is 10.2. The third-order valence-corrected chi connectivity index (χ3v) is 4.93. The predicted octanol–water partition coefficient (Wildman–Crippen LogP) is 4.80. The third-order valence-electron chi connectivity index (χ3n) is 3.75. The van der Waals surface area contributed by atoms with E-state index in [2.05, 4.69) is 20.0 Å². The summed E-state index contributed by atoms with van der Waals surface area (Å²) in [5.74, 6) is -0.359. The molecule has 6 nitrogen and oxygen atoms in total. The lowest BCUT2D eigenvalue weighted by molar-refractivity contribution is -0.274. The van der Waals surface area contributed by atoms with Crippen LogP contribution in [0.5, 0.6) is 5.75 Å². The summed E-state index contributed by atoms with van der Waals surface area (Å²) in [6, 6.07) is 13.2. The predicted molar refractivity (Wildman–Crippen MR) is 111 cm³/mol. The van der Waals surface area contributed by atoms with E-state index in [0.717, 1.165) is 17.7 Å². The van der Waals surface area contributed by atoms with Gasteiger partial charge in [-0.05, 0) is 42.0 Å². The molecule has 0 bridgehead atoms. The fourth-order valence-electron chi connectivity index (χ4n) is 2.53. The minimum Gasteiger partial charge on any atom is -0.406 e. The number of rotatable bonds is 7. The van der Waals surface area contributed by atoms with Crippen molar-refractivity contribution in [2.45, 2.75) is 23.7 Å². The van der Waals surface area contributed by atoms with Crippen LogP contribution < -0.4 is 15.6 Å². The van der Waals surface area contributed by atoms with Gasteiger partial charge in [-0.1, -0.05) is 35.5 Å². The number of H-pyrrole nitrogens is 1. The largest absolute Gasteiger partial charge is 0.573 e. The highest BCUT2D eigenvalue weighted by Crippen LogP contribution is 2.24. The monoisotopic (exact) mass is 469 g/mol. The van der Waals surface area contributed by atoms with Crippen LogP contribution in [0.3, 0.4) is 0 Å². The molecule has 1 aromatic heterocycles. The molecule has 0 aliphatic carbocycles. The number of anilines is 1. The first-order chi connectivity index (χ1) is 14.7. The summed E-state index contributed by atoms with van der Waals surface area (Å²) in [4.78, 5) is 31.0. The number of carbonyl (C=O) groups excluding carboxylic acids is 1. The Balaban J connectivity index is 1.60. The SMILES string of the molecule is O=C(Cc1cc(=O)[nH]c(SCc2cccc(Cl)c2)n1)Nc1ccc(OC(F)(F)F)cc1. The average molecular weight is 470 g/mol. The zero-order valence-corrected chi connectivity index (χ0v) is 17.3. The maximum Gasteiger partial charge on any atom is 0.573 e. The standard InChI is InChI=1S/C20H15ClF3N3O3S/c21-13-3-1-2-12(8-13)11-31-19-26-15(10-18(29)27-19)9-17(28)25-14-4-6-16(7-5-14)30-20(22,23)24/h1-8,10H,9,11H2,(H,25,28)(H,26,27,29). The van der Waals surface area contributed by atoms with Gasteiger partial charge in [-0.3, -0.25) is 9.59 Å². The van der Waals surface area contributed by atoms with Gasteiger partial charge in [0.05, 0.1) is 12.1 Å². The molecule has 162 valence electrons. The number of halogens is 4. The molecular formula is C20H15ClF3N3O3S. The quantitative estimate of drug-likeness (QED) is 0.384. The van der Waals surface area contributed by atoms with Crippen LogP contribution in [0.4, 0.5) is 18.9 Å². The maximum absolute atomic E-state index is 12.2. The van der Waals surface area contributed by atoms with Crippen molar-refractivity contribution in [3.05, 3.63) is 81.2 Å². The number of alkyl halides is 3. The van der Waals surface area contributed by atoms with E-state index >= 15 is 0 Å². The van der Waals surface area contributed by atoms with Crippen LogP contribution in [-0.2, 0) is 17.0 Å². The van der Waals surface area contributed by atoms with Crippen molar-refractivity contribution in [3.63, 3.8) is 0 Å². The van der Waals surface area contributed by atoms with Crippen LogP contribution in [0.15, 0.2) is 64.5 Å². The normalized spacial score (nSPS) is 11.2. The second-order valence-electron chi connectivity index (χ2n) is 6.26. The Labute approximate surface area is 183 Å². The molecule has 0 radical (unpaired) electrons. The highest BCUT2D eigenvalue weighted by Gasteiger charge is 2.30. The molecule has 0 aliphatic rings. The van der Waals surface area contributed by atoms with Gasteiger partial charge in [-0.2, -0.15) is 0 Å². The van der Waals surface area contributed by atoms with E-state index in [-0.39, 0.29) is 17.8 Å². The number of benzene rings is 2. The van der Waals surface area contributed by atoms with Gasteiger partial charge >= 0.3 is 6.36 Å². The zero-order chi connectivity index (χ0) is 22.4. The Morgan fingerprint density at radius 1 is 1.16 bits per heavy atom. The lowest BCUT2D eigenvalue weighted by atomic mass is 10.2. The van der Waals surface area contributed by atoms with Crippen molar-refractivity contribution in [1.29, 1.82) is 0 Å². The first kappa shape index (κ1) is 22.7. The van der Waals surface area contributed by atoms with Crippen LogP contribution in [-0.4, -0.2) is 22.2 Å². The van der Waals surface area contributed by atoms with E-state index in [0.29, 0.717) is 15.9 Å². The van der Waals surface area contributed by atoms with Gasteiger partial charge in [-0.15, -0.1) is 13.2 Å². The van der Waals surface area contributed by atoms with Crippen LogP contribution >= 0.6 is 23.4 Å². The maximum atomic E-state index is 12.2. The molecule has 31 heavy (non-hydrogen) atoms. The van der Waals surface area contributed by atoms with Crippen molar-refractivity contribution in [2.75, 3.05) is 5.32 Å². The van der Waals surface area contributed by atoms with E-state index in [9.17, 15) is 22.8 Å². The molecule has 2 aromatic carbocycles. The number of carbonyl (C=O) groups is 1. The van der Waals surface area contributed by atoms with Crippen LogP contribution in [0.1, 0.15) is 11.3 Å². The lowest BCUT2D eigenvalue weighted by Crippen LogP contribution is -2.18. The highest BCUT2D eigenvalue weighted by atomic mass is 35.5. The molecule has 0 saturated heterocycles. The molecule has 0 atom stereocenters. The van der Waals surface area contributed by atoms with Crippen molar-refractivity contribution >= 4 is 35.0 Å². The van der Waals surface area contributed by atoms with Gasteiger partial charge in [0, 0.05) is 22.5 Å². The molecule has 0 saturated carbocycles. The summed E-state index contributed by atoms with van der Waals surface area (Å²) >= 11 is 7.24. The molecule has 1 heterocycles. The average Bonchev–Trinajstić information content (AvgIpc) is 2.66. The number of hydrogen-bond donors (Lipinski definition) is 2. The van der Waals surface area contributed by atoms with Crippen LogP contribution in [0, 0.1) is 0 Å². The Morgan fingerprint density at radius 3 is 2.58 bits per heavy atom. The Kier molecular flexibility index (Phi) is 7.24. The second-order valence-corrected chi connectivity index (χ2v) is 7.66. The van der Waals surface area contributed by atoms with Gasteiger partial charge in [0.2, 0.25) is 5.91 Å². The van der Waals surface area contributed by atoms with Gasteiger partial charge in [0.25, 0.3) is 5.56 Å². The first-order valence-electron chi connectivity index (χ1n) is 8.79. The molecule has 0 spiro atoms.